The third-order valence-electron chi connectivity index (χ3n) is 3.58. The summed E-state index contributed by atoms with van der Waals surface area (Å²) in [5.41, 5.74) is 1.53. The lowest BCUT2D eigenvalue weighted by atomic mass is 10.0. The molecule has 0 saturated carbocycles. The van der Waals surface area contributed by atoms with E-state index in [9.17, 15) is 0 Å². The van der Waals surface area contributed by atoms with Crippen molar-refractivity contribution in [3.63, 3.8) is 0 Å². The first-order chi connectivity index (χ1) is 8.65. The molecule has 2 atom stereocenters. The second-order valence-corrected chi connectivity index (χ2v) is 7.17. The van der Waals surface area contributed by atoms with Crippen LogP contribution in [-0.2, 0) is 6.42 Å². The van der Waals surface area contributed by atoms with E-state index in [2.05, 4.69) is 50.4 Å². The molecule has 1 nitrogen and oxygen atoms in total. The number of thioether (sulfide) groups is 1. The minimum Gasteiger partial charge on any atom is -0.313 e. The van der Waals surface area contributed by atoms with E-state index in [4.69, 9.17) is 0 Å². The molecular weight excluding hydrogens is 238 g/mol. The molecule has 0 amide bonds. The Morgan fingerprint density at radius 1 is 1.22 bits per heavy atom. The van der Waals surface area contributed by atoms with Gasteiger partial charge in [0.05, 0.1) is 0 Å². The van der Waals surface area contributed by atoms with Crippen molar-refractivity contribution in [2.75, 3.05) is 6.54 Å². The van der Waals surface area contributed by atoms with E-state index in [0.717, 1.165) is 17.7 Å². The summed E-state index contributed by atoms with van der Waals surface area (Å²) in [4.78, 5) is 1.49. The van der Waals surface area contributed by atoms with Crippen LogP contribution in [0.1, 0.15) is 39.2 Å². The van der Waals surface area contributed by atoms with Crippen LogP contribution in [0.5, 0.6) is 0 Å². The summed E-state index contributed by atoms with van der Waals surface area (Å²) < 4.78 is 0. The van der Waals surface area contributed by atoms with E-state index < -0.39 is 0 Å². The van der Waals surface area contributed by atoms with Crippen LogP contribution in [0.2, 0.25) is 0 Å². The first-order valence-electron chi connectivity index (χ1n) is 7.13. The monoisotopic (exact) mass is 263 g/mol. The topological polar surface area (TPSA) is 12.0 Å². The predicted molar refractivity (Wildman–Crippen MR) is 81.3 cm³/mol. The Balaban J connectivity index is 1.70. The fourth-order valence-corrected chi connectivity index (χ4v) is 3.65. The Hall–Kier alpha value is -0.470. The highest BCUT2D eigenvalue weighted by Gasteiger charge is 2.21. The van der Waals surface area contributed by atoms with Gasteiger partial charge in [-0.2, -0.15) is 0 Å². The van der Waals surface area contributed by atoms with Gasteiger partial charge >= 0.3 is 0 Å². The first kappa shape index (κ1) is 14.0. The molecule has 2 unspecified atom stereocenters. The van der Waals surface area contributed by atoms with Gasteiger partial charge in [-0.1, -0.05) is 32.0 Å². The standard InChI is InChI=1S/C16H25NS/c1-12(2)8-9-13(3)17-11-15-10-14-6-4-5-7-16(14)18-15/h4-7,12-13,15,17H,8-11H2,1-3H3. The molecule has 0 spiro atoms. The van der Waals surface area contributed by atoms with Crippen molar-refractivity contribution in [1.29, 1.82) is 0 Å². The van der Waals surface area contributed by atoms with Crippen LogP contribution in [0.4, 0.5) is 0 Å². The van der Waals surface area contributed by atoms with Gasteiger partial charge in [0.1, 0.15) is 0 Å². The van der Waals surface area contributed by atoms with E-state index >= 15 is 0 Å². The van der Waals surface area contributed by atoms with Gasteiger partial charge in [0.2, 0.25) is 0 Å². The average molecular weight is 263 g/mol. The van der Waals surface area contributed by atoms with Gasteiger partial charge in [0, 0.05) is 22.7 Å². The summed E-state index contributed by atoms with van der Waals surface area (Å²) in [5, 5.41) is 4.42. The fraction of sp³-hybridized carbons (Fsp3) is 0.625. The van der Waals surface area contributed by atoms with Crippen LogP contribution in [0.15, 0.2) is 29.2 Å². The molecule has 0 aliphatic carbocycles. The first-order valence-corrected chi connectivity index (χ1v) is 8.01. The molecule has 2 rings (SSSR count). The number of hydrogen-bond donors (Lipinski definition) is 1. The Morgan fingerprint density at radius 3 is 2.72 bits per heavy atom. The van der Waals surface area contributed by atoms with Crippen LogP contribution in [0, 0.1) is 5.92 Å². The lowest BCUT2D eigenvalue weighted by Gasteiger charge is -2.17. The molecule has 1 heterocycles. The van der Waals surface area contributed by atoms with Crippen molar-refractivity contribution in [2.24, 2.45) is 5.92 Å². The van der Waals surface area contributed by atoms with Crippen molar-refractivity contribution >= 4 is 11.8 Å². The second kappa shape index (κ2) is 6.63. The summed E-state index contributed by atoms with van der Waals surface area (Å²) in [6, 6.07) is 9.47. The molecule has 1 aromatic carbocycles. The molecule has 0 fully saturated rings. The lowest BCUT2D eigenvalue weighted by Crippen LogP contribution is -2.32. The number of hydrogen-bond acceptors (Lipinski definition) is 2. The molecule has 0 bridgehead atoms. The van der Waals surface area contributed by atoms with Crippen LogP contribution >= 0.6 is 11.8 Å². The van der Waals surface area contributed by atoms with Crippen LogP contribution < -0.4 is 5.32 Å². The van der Waals surface area contributed by atoms with Crippen LogP contribution in [-0.4, -0.2) is 17.8 Å². The molecule has 1 aliphatic heterocycles. The van der Waals surface area contributed by atoms with Crippen molar-refractivity contribution in [2.45, 2.75) is 56.2 Å². The molecule has 1 aliphatic rings. The molecule has 2 heteroatoms. The van der Waals surface area contributed by atoms with E-state index in [1.807, 2.05) is 11.8 Å². The summed E-state index contributed by atoms with van der Waals surface area (Å²) >= 11 is 2.04. The van der Waals surface area contributed by atoms with E-state index in [1.54, 1.807) is 0 Å². The Morgan fingerprint density at radius 2 is 2.00 bits per heavy atom. The van der Waals surface area contributed by atoms with Gasteiger partial charge in [0.25, 0.3) is 0 Å². The number of fused-ring (bicyclic) bond motifs is 1. The Kier molecular flexibility index (Phi) is 5.13. The maximum Gasteiger partial charge on any atom is 0.0260 e. The zero-order valence-electron chi connectivity index (χ0n) is 11.8. The zero-order chi connectivity index (χ0) is 13.0. The molecule has 100 valence electrons. The summed E-state index contributed by atoms with van der Waals surface area (Å²) in [6.07, 6.45) is 3.85. The Bertz CT molecular complexity index is 350. The molecule has 1 N–H and O–H groups in total. The third-order valence-corrected chi connectivity index (χ3v) is 4.90. The maximum absolute atomic E-state index is 3.69. The fourth-order valence-electron chi connectivity index (χ4n) is 2.39. The normalized spacial score (nSPS) is 20.1. The highest BCUT2D eigenvalue weighted by atomic mass is 32.2. The molecule has 0 radical (unpaired) electrons. The minimum absolute atomic E-state index is 0.650. The maximum atomic E-state index is 3.69. The molecule has 0 saturated heterocycles. The van der Waals surface area contributed by atoms with Gasteiger partial charge < -0.3 is 5.32 Å². The van der Waals surface area contributed by atoms with Gasteiger partial charge in [0.15, 0.2) is 0 Å². The number of nitrogens with one attached hydrogen (secondary N) is 1. The van der Waals surface area contributed by atoms with Gasteiger partial charge in [-0.25, -0.2) is 0 Å². The van der Waals surface area contributed by atoms with E-state index in [0.29, 0.717) is 6.04 Å². The lowest BCUT2D eigenvalue weighted by molar-refractivity contribution is 0.451. The minimum atomic E-state index is 0.650. The van der Waals surface area contributed by atoms with Gasteiger partial charge in [-0.3, -0.25) is 0 Å². The predicted octanol–water partition coefficient (Wildman–Crippen LogP) is 4.12. The van der Waals surface area contributed by atoms with E-state index in [-0.39, 0.29) is 0 Å². The van der Waals surface area contributed by atoms with Crippen molar-refractivity contribution < 1.29 is 0 Å². The van der Waals surface area contributed by atoms with Crippen molar-refractivity contribution in [3.8, 4) is 0 Å². The average Bonchev–Trinajstić information content (AvgIpc) is 2.76. The van der Waals surface area contributed by atoms with Gasteiger partial charge in [-0.05, 0) is 43.7 Å². The molecule has 1 aromatic rings. The highest BCUT2D eigenvalue weighted by Crippen LogP contribution is 2.36. The second-order valence-electron chi connectivity index (χ2n) is 5.83. The summed E-state index contributed by atoms with van der Waals surface area (Å²) in [7, 11) is 0. The zero-order valence-corrected chi connectivity index (χ0v) is 12.6. The quantitative estimate of drug-likeness (QED) is 0.828. The third kappa shape index (κ3) is 4.03. The number of rotatable bonds is 6. The van der Waals surface area contributed by atoms with E-state index in [1.165, 1.54) is 29.7 Å². The largest absolute Gasteiger partial charge is 0.313 e. The summed E-state index contributed by atoms with van der Waals surface area (Å²) in [6.45, 7) is 8.06. The van der Waals surface area contributed by atoms with Crippen molar-refractivity contribution in [3.05, 3.63) is 29.8 Å². The smallest absolute Gasteiger partial charge is 0.0260 e. The summed E-state index contributed by atoms with van der Waals surface area (Å²) in [5.74, 6) is 0.819. The molecule has 0 aromatic heterocycles. The van der Waals surface area contributed by atoms with Gasteiger partial charge in [-0.15, -0.1) is 11.8 Å². The molecule has 18 heavy (non-hydrogen) atoms. The van der Waals surface area contributed by atoms with Crippen LogP contribution in [0.3, 0.4) is 0 Å². The highest BCUT2D eigenvalue weighted by molar-refractivity contribution is 8.00. The Labute approximate surface area is 116 Å². The van der Waals surface area contributed by atoms with Crippen LogP contribution in [0.25, 0.3) is 0 Å². The molecular formula is C16H25NS. The van der Waals surface area contributed by atoms with Crippen molar-refractivity contribution in [1.82, 2.24) is 5.32 Å². The SMILES string of the molecule is CC(C)CCC(C)NCC1Cc2ccccc2S1. The number of benzene rings is 1.